The molecule has 102 heavy (non-hydrogen) atoms. The Balaban J connectivity index is 5.38. The number of aliphatic hydroxyl groups excluding tert-OH is 1. The predicted octanol–water partition coefficient (Wildman–Crippen LogP) is 22.9. The minimum Gasteiger partial charge on any atom is -0.462 e. The second-order valence-corrected chi connectivity index (χ2v) is 28.8. The number of esters is 4. The van der Waals surface area contributed by atoms with Gasteiger partial charge in [-0.3, -0.25) is 37.3 Å². The molecule has 0 saturated carbocycles. The first kappa shape index (κ1) is 97.2. The molecule has 5 atom stereocenters. The van der Waals surface area contributed by atoms with Gasteiger partial charge in [-0.2, -0.15) is 0 Å². The van der Waals surface area contributed by atoms with E-state index in [-0.39, 0.29) is 25.7 Å². The molecule has 3 N–H and O–H groups in total. The lowest BCUT2D eigenvalue weighted by Gasteiger charge is -2.21. The number of ether oxygens (including phenoxy) is 4. The first-order chi connectivity index (χ1) is 49.7. The molecule has 0 aromatic carbocycles. The first-order valence-corrected chi connectivity index (χ1v) is 42.4. The molecule has 0 bridgehead atoms. The first-order valence-electron chi connectivity index (χ1n) is 39.4. The number of phosphoric ester groups is 2. The third-order valence-corrected chi connectivity index (χ3v) is 18.0. The minimum absolute atomic E-state index is 0.0320. The molecule has 0 rings (SSSR count). The normalized spacial score (nSPS) is 14.6. The Morgan fingerprint density at radius 2 is 0.539 bits per heavy atom. The highest BCUT2D eigenvalue weighted by Crippen LogP contribution is 2.45. The van der Waals surface area contributed by atoms with Gasteiger partial charge in [0.2, 0.25) is 0 Å². The van der Waals surface area contributed by atoms with Crippen LogP contribution in [0.1, 0.15) is 310 Å². The molecule has 0 aliphatic carbocycles. The number of allylic oxidation sites excluding steroid dienone is 22. The number of rotatable bonds is 73. The van der Waals surface area contributed by atoms with Crippen LogP contribution in [0.15, 0.2) is 134 Å². The molecule has 0 aliphatic heterocycles. The van der Waals surface area contributed by atoms with Crippen molar-refractivity contribution in [2.45, 2.75) is 329 Å². The molecule has 584 valence electrons. The molecule has 0 amide bonds. The van der Waals surface area contributed by atoms with Crippen molar-refractivity contribution < 1.29 is 80.2 Å². The molecule has 0 radical (unpaired) electrons. The van der Waals surface area contributed by atoms with E-state index in [9.17, 15) is 43.2 Å². The summed E-state index contributed by atoms with van der Waals surface area (Å²) in [6.07, 6.45) is 83.1. The van der Waals surface area contributed by atoms with E-state index in [1.54, 1.807) is 0 Å². The molecule has 0 fully saturated rings. The molecule has 19 heteroatoms. The van der Waals surface area contributed by atoms with Crippen molar-refractivity contribution in [3.8, 4) is 0 Å². The van der Waals surface area contributed by atoms with E-state index in [1.807, 2.05) is 18.2 Å². The van der Waals surface area contributed by atoms with Gasteiger partial charge in [-0.05, 0) is 148 Å². The summed E-state index contributed by atoms with van der Waals surface area (Å²) in [5.74, 6) is -2.31. The lowest BCUT2D eigenvalue weighted by Crippen LogP contribution is -2.30. The molecule has 0 spiro atoms. The topological polar surface area (TPSA) is 237 Å². The van der Waals surface area contributed by atoms with Crippen LogP contribution in [-0.4, -0.2) is 96.7 Å². The fourth-order valence-corrected chi connectivity index (χ4v) is 11.6. The van der Waals surface area contributed by atoms with Gasteiger partial charge in [0.1, 0.15) is 19.3 Å². The van der Waals surface area contributed by atoms with E-state index in [4.69, 9.17) is 37.0 Å². The summed E-state index contributed by atoms with van der Waals surface area (Å²) in [6, 6.07) is 0. The smallest absolute Gasteiger partial charge is 0.462 e. The Morgan fingerprint density at radius 3 is 0.902 bits per heavy atom. The molecule has 0 aromatic rings. The number of hydrogen-bond donors (Lipinski definition) is 3. The number of carbonyl (C=O) groups is 4. The zero-order chi connectivity index (χ0) is 74.6. The highest BCUT2D eigenvalue weighted by atomic mass is 31.2. The van der Waals surface area contributed by atoms with Crippen LogP contribution in [-0.2, 0) is 65.4 Å². The summed E-state index contributed by atoms with van der Waals surface area (Å²) in [5, 5.41) is 10.6. The molecule has 0 saturated heterocycles. The standard InChI is InChI=1S/C83H140O17P2/c1-5-9-13-17-21-25-29-32-34-36-38-40-42-45-48-51-55-59-63-67-80(85)93-73-78(99-82(87)69-65-61-57-53-47-28-24-20-16-12-8-4)75-97-101(89,90)95-71-77(84)72-96-102(91,92)98-76-79(100-83(88)70-66-62-58-54-50-44-31-27-23-19-15-11-7-3)74-94-81(86)68-64-60-56-52-49-46-43-41-39-37-35-33-30-26-22-18-14-10-6-2/h10,14,20-22,24-27,31-35,38-41,46,49,56,60,77-79,84H,5-9,11-13,15-19,23,28-30,36-37,42-45,47-48,50-55,57-59,61-76H2,1-4H3,(H,89,90)(H,91,92)/b14-10-,24-20-,25-21-,26-22-,31-27-,34-32-,35-33-,40-38-,41-39-,49-46-,60-56-. The Bertz CT molecular complexity index is 2460. The van der Waals surface area contributed by atoms with Gasteiger partial charge in [-0.15, -0.1) is 0 Å². The molecule has 0 aliphatic rings. The van der Waals surface area contributed by atoms with Crippen LogP contribution < -0.4 is 0 Å². The van der Waals surface area contributed by atoms with Gasteiger partial charge in [-0.25, -0.2) is 9.13 Å². The van der Waals surface area contributed by atoms with E-state index in [1.165, 1.54) is 57.8 Å². The second-order valence-electron chi connectivity index (χ2n) is 25.9. The average Bonchev–Trinajstić information content (AvgIpc) is 0.907. The van der Waals surface area contributed by atoms with Crippen molar-refractivity contribution in [1.29, 1.82) is 0 Å². The van der Waals surface area contributed by atoms with Gasteiger partial charge in [0.25, 0.3) is 0 Å². The van der Waals surface area contributed by atoms with Gasteiger partial charge in [-0.1, -0.05) is 271 Å². The summed E-state index contributed by atoms with van der Waals surface area (Å²) in [4.78, 5) is 72.9. The molecular formula is C83H140O17P2. The zero-order valence-corrected chi connectivity index (χ0v) is 65.5. The predicted molar refractivity (Wildman–Crippen MR) is 418 cm³/mol. The second kappa shape index (κ2) is 74.5. The van der Waals surface area contributed by atoms with Gasteiger partial charge < -0.3 is 33.8 Å². The lowest BCUT2D eigenvalue weighted by atomic mass is 10.1. The fourth-order valence-electron chi connectivity index (χ4n) is 10.1. The fraction of sp³-hybridized carbons (Fsp3) is 0.687. The third kappa shape index (κ3) is 73.5. The van der Waals surface area contributed by atoms with Gasteiger partial charge in [0, 0.05) is 25.7 Å². The van der Waals surface area contributed by atoms with E-state index in [2.05, 4.69) is 143 Å². The van der Waals surface area contributed by atoms with Crippen LogP contribution in [0.5, 0.6) is 0 Å². The van der Waals surface area contributed by atoms with E-state index in [0.717, 1.165) is 167 Å². The Kier molecular flexibility index (Phi) is 71.0. The minimum atomic E-state index is -5.00. The molecular weight excluding hydrogens is 1330 g/mol. The Labute approximate surface area is 618 Å². The van der Waals surface area contributed by atoms with Crippen LogP contribution in [0.3, 0.4) is 0 Å². The monoisotopic (exact) mass is 1470 g/mol. The molecule has 17 nitrogen and oxygen atoms in total. The third-order valence-electron chi connectivity index (χ3n) is 16.1. The summed E-state index contributed by atoms with van der Waals surface area (Å²) in [5.41, 5.74) is 0. The van der Waals surface area contributed by atoms with E-state index < -0.39 is 97.5 Å². The van der Waals surface area contributed by atoms with Gasteiger partial charge in [0.05, 0.1) is 26.4 Å². The zero-order valence-electron chi connectivity index (χ0n) is 63.7. The summed E-state index contributed by atoms with van der Waals surface area (Å²) >= 11 is 0. The maximum atomic E-state index is 13.1. The van der Waals surface area contributed by atoms with Crippen LogP contribution in [0.25, 0.3) is 0 Å². The van der Waals surface area contributed by atoms with Crippen molar-refractivity contribution in [3.05, 3.63) is 134 Å². The molecule has 5 unspecified atom stereocenters. The van der Waals surface area contributed by atoms with Crippen LogP contribution in [0, 0.1) is 0 Å². The largest absolute Gasteiger partial charge is 0.472 e. The lowest BCUT2D eigenvalue weighted by molar-refractivity contribution is -0.161. The SMILES string of the molecule is CC/C=C\C/C=C\C/C=C\C/C=C\C/C=C\C/C=C\CCC(=O)OCC(COP(=O)(O)OCC(O)COP(=O)(O)OCC(COC(=O)CCCCCCCC/C=C\C/C=C\C/C=C\CCCCC)OC(=O)CCCCCCC/C=C\CCCC)OC(=O)CCCCCCC/C=C\CCCCCC. The van der Waals surface area contributed by atoms with Crippen LogP contribution >= 0.6 is 15.6 Å². The van der Waals surface area contributed by atoms with E-state index >= 15 is 0 Å². The van der Waals surface area contributed by atoms with Gasteiger partial charge >= 0.3 is 39.5 Å². The maximum Gasteiger partial charge on any atom is 0.472 e. The quantitative estimate of drug-likeness (QED) is 0.0169. The Hall–Kier alpha value is -4.80. The number of phosphoric acid groups is 2. The summed E-state index contributed by atoms with van der Waals surface area (Å²) in [6.45, 7) is 4.56. The van der Waals surface area contributed by atoms with E-state index in [0.29, 0.717) is 32.1 Å². The number of aliphatic hydroxyl groups is 1. The number of hydrogen-bond acceptors (Lipinski definition) is 15. The summed E-state index contributed by atoms with van der Waals surface area (Å²) in [7, 11) is -9.98. The number of unbranched alkanes of at least 4 members (excludes halogenated alkanes) is 25. The Morgan fingerprint density at radius 1 is 0.284 bits per heavy atom. The number of carbonyl (C=O) groups excluding carboxylic acids is 4. The molecule has 0 aromatic heterocycles. The highest BCUT2D eigenvalue weighted by molar-refractivity contribution is 7.47. The van der Waals surface area contributed by atoms with Crippen LogP contribution in [0.2, 0.25) is 0 Å². The summed E-state index contributed by atoms with van der Waals surface area (Å²) < 4.78 is 68.4. The van der Waals surface area contributed by atoms with Crippen molar-refractivity contribution >= 4 is 39.5 Å². The highest BCUT2D eigenvalue weighted by Gasteiger charge is 2.30. The van der Waals surface area contributed by atoms with Crippen molar-refractivity contribution in [2.24, 2.45) is 0 Å². The van der Waals surface area contributed by atoms with Crippen molar-refractivity contribution in [2.75, 3.05) is 39.6 Å². The van der Waals surface area contributed by atoms with Gasteiger partial charge in [0.15, 0.2) is 12.2 Å². The van der Waals surface area contributed by atoms with Crippen LogP contribution in [0.4, 0.5) is 0 Å². The van der Waals surface area contributed by atoms with Crippen molar-refractivity contribution in [3.63, 3.8) is 0 Å². The maximum absolute atomic E-state index is 13.1. The molecule has 0 heterocycles. The average molecular weight is 1470 g/mol. The van der Waals surface area contributed by atoms with Crippen molar-refractivity contribution in [1.82, 2.24) is 0 Å².